The minimum Gasteiger partial charge on any atom is -0.490 e. The van der Waals surface area contributed by atoms with E-state index in [1.165, 1.54) is 0 Å². The van der Waals surface area contributed by atoms with E-state index >= 15 is 0 Å². The number of rotatable bonds is 2. The first-order chi connectivity index (χ1) is 9.66. The summed E-state index contributed by atoms with van der Waals surface area (Å²) < 4.78 is 12.3. The number of hydrogen-bond acceptors (Lipinski definition) is 4. The number of hydrogen-bond donors (Lipinski definition) is 1. The van der Waals surface area contributed by atoms with Gasteiger partial charge in [0.15, 0.2) is 17.3 Å². The third kappa shape index (κ3) is 2.35. The van der Waals surface area contributed by atoms with Crippen LogP contribution >= 0.6 is 15.9 Å². The van der Waals surface area contributed by atoms with Crippen LogP contribution in [0, 0.1) is 0 Å². The molecule has 5 nitrogen and oxygen atoms in total. The largest absolute Gasteiger partial charge is 0.490 e. The molecule has 0 atom stereocenters. The number of aromatic amines is 1. The van der Waals surface area contributed by atoms with Crippen molar-refractivity contribution in [3.63, 3.8) is 0 Å². The van der Waals surface area contributed by atoms with Crippen molar-refractivity contribution in [1.29, 1.82) is 0 Å². The number of nitrogens with zero attached hydrogens (tertiary/aromatic N) is 2. The van der Waals surface area contributed by atoms with Crippen molar-refractivity contribution in [2.45, 2.75) is 6.42 Å². The zero-order chi connectivity index (χ0) is 14.1. The first-order valence-corrected chi connectivity index (χ1v) is 7.27. The second-order valence-electron chi connectivity index (χ2n) is 4.84. The second kappa shape index (κ2) is 5.36. The van der Waals surface area contributed by atoms with E-state index in [0.29, 0.717) is 13.2 Å². The van der Waals surface area contributed by atoms with E-state index in [-0.39, 0.29) is 0 Å². The molecule has 1 aliphatic rings. The smallest absolute Gasteiger partial charge is 0.164 e. The molecule has 0 radical (unpaired) electrons. The maximum Gasteiger partial charge on any atom is 0.164 e. The van der Waals surface area contributed by atoms with Crippen LogP contribution in [0.2, 0.25) is 0 Å². The molecule has 1 aliphatic heterocycles. The van der Waals surface area contributed by atoms with Gasteiger partial charge in [-0.15, -0.1) is 0 Å². The van der Waals surface area contributed by atoms with Gasteiger partial charge in [-0.25, -0.2) is 0 Å². The number of H-pyrrole nitrogens is 1. The highest BCUT2D eigenvalue weighted by Crippen LogP contribution is 2.38. The summed E-state index contributed by atoms with van der Waals surface area (Å²) in [6.45, 7) is 1.38. The van der Waals surface area contributed by atoms with E-state index in [1.54, 1.807) is 0 Å². The van der Waals surface area contributed by atoms with Gasteiger partial charge in [0.05, 0.1) is 23.4 Å². The summed E-state index contributed by atoms with van der Waals surface area (Å²) >= 11 is 3.59. The summed E-state index contributed by atoms with van der Waals surface area (Å²) in [5, 5.41) is 7.36. The van der Waals surface area contributed by atoms with Crippen molar-refractivity contribution in [2.24, 2.45) is 0 Å². The Labute approximate surface area is 126 Å². The Morgan fingerprint density at radius 1 is 1.20 bits per heavy atom. The molecule has 6 heteroatoms. The number of aromatic nitrogens is 2. The average molecular weight is 338 g/mol. The van der Waals surface area contributed by atoms with Crippen molar-refractivity contribution in [3.8, 4) is 22.8 Å². The average Bonchev–Trinajstić information content (AvgIpc) is 2.68. The molecular formula is C14H16BrN3O2. The summed E-state index contributed by atoms with van der Waals surface area (Å²) in [4.78, 5) is 1.95. The van der Waals surface area contributed by atoms with E-state index in [0.717, 1.165) is 39.5 Å². The molecule has 0 spiro atoms. The van der Waals surface area contributed by atoms with Crippen molar-refractivity contribution >= 4 is 21.7 Å². The Morgan fingerprint density at radius 3 is 2.65 bits per heavy atom. The van der Waals surface area contributed by atoms with Crippen LogP contribution in [0.5, 0.6) is 11.5 Å². The summed E-state index contributed by atoms with van der Waals surface area (Å²) in [6, 6.07) is 5.93. The molecule has 2 heterocycles. The molecule has 0 amide bonds. The van der Waals surface area contributed by atoms with Gasteiger partial charge in [0, 0.05) is 26.1 Å². The molecule has 0 unspecified atom stereocenters. The predicted molar refractivity (Wildman–Crippen MR) is 81.7 cm³/mol. The van der Waals surface area contributed by atoms with E-state index in [4.69, 9.17) is 9.47 Å². The molecule has 0 bridgehead atoms. The third-order valence-corrected chi connectivity index (χ3v) is 3.90. The lowest BCUT2D eigenvalue weighted by Gasteiger charge is -2.10. The van der Waals surface area contributed by atoms with E-state index in [9.17, 15) is 0 Å². The summed E-state index contributed by atoms with van der Waals surface area (Å²) in [7, 11) is 3.91. The van der Waals surface area contributed by atoms with Gasteiger partial charge in [-0.1, -0.05) is 0 Å². The summed E-state index contributed by atoms with van der Waals surface area (Å²) in [5.41, 5.74) is 1.95. The zero-order valence-corrected chi connectivity index (χ0v) is 13.0. The number of anilines is 1. The minimum atomic E-state index is 0.684. The maximum atomic E-state index is 5.72. The lowest BCUT2D eigenvalue weighted by molar-refractivity contribution is 0.297. The van der Waals surface area contributed by atoms with Crippen LogP contribution in [-0.4, -0.2) is 37.5 Å². The normalized spacial score (nSPS) is 13.9. The third-order valence-electron chi connectivity index (χ3n) is 3.15. The fourth-order valence-corrected chi connectivity index (χ4v) is 2.89. The van der Waals surface area contributed by atoms with Gasteiger partial charge in [0.2, 0.25) is 0 Å². The van der Waals surface area contributed by atoms with E-state index in [1.807, 2.05) is 37.2 Å². The lowest BCUT2D eigenvalue weighted by Crippen LogP contribution is -2.09. The number of fused-ring (bicyclic) bond motifs is 1. The Bertz CT molecular complexity index is 625. The molecule has 1 N–H and O–H groups in total. The molecule has 1 aromatic carbocycles. The van der Waals surface area contributed by atoms with E-state index < -0.39 is 0 Å². The van der Waals surface area contributed by atoms with Gasteiger partial charge in [-0.3, -0.25) is 5.10 Å². The highest BCUT2D eigenvalue weighted by Gasteiger charge is 2.17. The predicted octanol–water partition coefficient (Wildman–Crippen LogP) is 3.07. The van der Waals surface area contributed by atoms with Crippen LogP contribution in [0.25, 0.3) is 11.3 Å². The van der Waals surface area contributed by atoms with Crippen LogP contribution in [0.4, 0.5) is 5.82 Å². The lowest BCUT2D eigenvalue weighted by atomic mass is 10.1. The minimum absolute atomic E-state index is 0.684. The molecule has 0 aliphatic carbocycles. The fourth-order valence-electron chi connectivity index (χ4n) is 2.13. The molecule has 3 rings (SSSR count). The van der Waals surface area contributed by atoms with Crippen molar-refractivity contribution in [3.05, 3.63) is 22.7 Å². The first kappa shape index (κ1) is 13.3. The summed E-state index contributed by atoms with van der Waals surface area (Å²) in [5.74, 6) is 2.45. The van der Waals surface area contributed by atoms with Crippen LogP contribution in [0.3, 0.4) is 0 Å². The van der Waals surface area contributed by atoms with Crippen molar-refractivity contribution < 1.29 is 9.47 Å². The second-order valence-corrected chi connectivity index (χ2v) is 5.64. The molecule has 106 valence electrons. The highest BCUT2D eigenvalue weighted by atomic mass is 79.9. The molecule has 1 aromatic heterocycles. The maximum absolute atomic E-state index is 5.72. The highest BCUT2D eigenvalue weighted by molar-refractivity contribution is 9.10. The summed E-state index contributed by atoms with van der Waals surface area (Å²) in [6.07, 6.45) is 0.905. The SMILES string of the molecule is CN(C)c1n[nH]c(-c2ccc3c(c2)OCCCO3)c1Br. The van der Waals surface area contributed by atoms with Crippen molar-refractivity contribution in [1.82, 2.24) is 10.2 Å². The number of halogens is 1. The molecular weight excluding hydrogens is 322 g/mol. The molecule has 0 saturated heterocycles. The van der Waals surface area contributed by atoms with Crippen LogP contribution in [-0.2, 0) is 0 Å². The van der Waals surface area contributed by atoms with Gasteiger partial charge in [0.1, 0.15) is 0 Å². The monoisotopic (exact) mass is 337 g/mol. The van der Waals surface area contributed by atoms with Gasteiger partial charge >= 0.3 is 0 Å². The van der Waals surface area contributed by atoms with E-state index in [2.05, 4.69) is 26.1 Å². The molecule has 0 saturated carbocycles. The van der Waals surface area contributed by atoms with Crippen LogP contribution in [0.1, 0.15) is 6.42 Å². The van der Waals surface area contributed by atoms with Gasteiger partial charge in [0.25, 0.3) is 0 Å². The number of ether oxygens (including phenoxy) is 2. The first-order valence-electron chi connectivity index (χ1n) is 6.48. The molecule has 2 aromatic rings. The topological polar surface area (TPSA) is 50.4 Å². The van der Waals surface area contributed by atoms with Gasteiger partial charge in [-0.2, -0.15) is 5.10 Å². The van der Waals surface area contributed by atoms with Gasteiger partial charge < -0.3 is 14.4 Å². The fraction of sp³-hybridized carbons (Fsp3) is 0.357. The Balaban J connectivity index is 2.00. The van der Waals surface area contributed by atoms with Gasteiger partial charge in [-0.05, 0) is 34.1 Å². The van der Waals surface area contributed by atoms with Crippen LogP contribution < -0.4 is 14.4 Å². The van der Waals surface area contributed by atoms with Crippen molar-refractivity contribution in [2.75, 3.05) is 32.2 Å². The molecule has 20 heavy (non-hydrogen) atoms. The number of benzene rings is 1. The quantitative estimate of drug-likeness (QED) is 0.914. The zero-order valence-electron chi connectivity index (χ0n) is 11.4. The van der Waals surface area contributed by atoms with Crippen LogP contribution in [0.15, 0.2) is 22.7 Å². The molecule has 0 fully saturated rings. The Kier molecular flexibility index (Phi) is 3.56. The number of nitrogens with one attached hydrogen (secondary N) is 1. The standard InChI is InChI=1S/C14H16BrN3O2/c1-18(2)14-12(15)13(16-17-14)9-4-5-10-11(8-9)20-7-3-6-19-10/h4-5,8H,3,6-7H2,1-2H3,(H,16,17). The Morgan fingerprint density at radius 2 is 1.95 bits per heavy atom. The Hall–Kier alpha value is -1.69.